The molecule has 2 aromatic rings. The molecule has 0 saturated carbocycles. The van der Waals surface area contributed by atoms with Crippen molar-refractivity contribution in [2.24, 2.45) is 0 Å². The minimum Gasteiger partial charge on any atom is -0.378 e. The Morgan fingerprint density at radius 2 is 1.84 bits per heavy atom. The first-order valence-electron chi connectivity index (χ1n) is 5.88. The minimum absolute atomic E-state index is 0.364. The number of imidazole rings is 1. The molecule has 102 valence electrons. The Bertz CT molecular complexity index is 579. The fraction of sp³-hybridized carbons (Fsp3) is 0.308. The summed E-state index contributed by atoms with van der Waals surface area (Å²) in [5.41, 5.74) is 1.84. The lowest BCUT2D eigenvalue weighted by atomic mass is 10.3. The van der Waals surface area contributed by atoms with E-state index in [1.54, 1.807) is 12.1 Å². The van der Waals surface area contributed by atoms with Gasteiger partial charge in [0.25, 0.3) is 0 Å². The first-order valence-corrected chi connectivity index (χ1v) is 7.01. The van der Waals surface area contributed by atoms with E-state index in [0.717, 1.165) is 11.4 Å². The molecule has 0 saturated heterocycles. The molecular formula is C13H14Cl3N3. The fourth-order valence-corrected chi connectivity index (χ4v) is 2.39. The van der Waals surface area contributed by atoms with Crippen molar-refractivity contribution >= 4 is 40.5 Å². The molecule has 0 unspecified atom stereocenters. The van der Waals surface area contributed by atoms with Gasteiger partial charge in [0.05, 0.1) is 39.3 Å². The predicted molar refractivity (Wildman–Crippen MR) is 81.4 cm³/mol. The van der Waals surface area contributed by atoms with Crippen LogP contribution in [-0.2, 0) is 6.54 Å². The molecule has 3 nitrogen and oxygen atoms in total. The number of rotatable bonds is 4. The summed E-state index contributed by atoms with van der Waals surface area (Å²) in [5, 5.41) is 4.72. The van der Waals surface area contributed by atoms with Gasteiger partial charge in [0, 0.05) is 12.2 Å². The number of nitrogens with zero attached hydrogens (tertiary/aromatic N) is 2. The van der Waals surface area contributed by atoms with E-state index >= 15 is 0 Å². The summed E-state index contributed by atoms with van der Waals surface area (Å²) in [5.74, 6) is 0. The highest BCUT2D eigenvalue weighted by Crippen LogP contribution is 2.32. The van der Waals surface area contributed by atoms with E-state index in [2.05, 4.69) is 28.7 Å². The van der Waals surface area contributed by atoms with Crippen molar-refractivity contribution < 1.29 is 0 Å². The number of halogens is 3. The van der Waals surface area contributed by atoms with E-state index in [-0.39, 0.29) is 0 Å². The molecule has 2 rings (SSSR count). The lowest BCUT2D eigenvalue weighted by molar-refractivity contribution is 0.577. The van der Waals surface area contributed by atoms with Gasteiger partial charge in [0.1, 0.15) is 0 Å². The molecule has 0 aliphatic rings. The van der Waals surface area contributed by atoms with Crippen LogP contribution in [-0.4, -0.2) is 9.55 Å². The van der Waals surface area contributed by atoms with Gasteiger partial charge in [-0.05, 0) is 26.0 Å². The van der Waals surface area contributed by atoms with Crippen LogP contribution in [0.1, 0.15) is 25.6 Å². The first-order chi connectivity index (χ1) is 8.99. The maximum absolute atomic E-state index is 6.12. The van der Waals surface area contributed by atoms with Crippen molar-refractivity contribution in [3.63, 3.8) is 0 Å². The SMILES string of the molecule is CC(C)n1cncc1CNc1cc(Cl)c(Cl)cc1Cl. The molecule has 0 amide bonds. The Morgan fingerprint density at radius 3 is 2.53 bits per heavy atom. The van der Waals surface area contributed by atoms with Gasteiger partial charge in [-0.1, -0.05) is 34.8 Å². The molecule has 0 atom stereocenters. The van der Waals surface area contributed by atoms with Crippen LogP contribution in [0, 0.1) is 0 Å². The molecule has 1 aromatic carbocycles. The molecule has 0 aliphatic heterocycles. The summed E-state index contributed by atoms with van der Waals surface area (Å²) >= 11 is 18.0. The smallest absolute Gasteiger partial charge is 0.0951 e. The number of aromatic nitrogens is 2. The van der Waals surface area contributed by atoms with Gasteiger partial charge < -0.3 is 9.88 Å². The van der Waals surface area contributed by atoms with Gasteiger partial charge in [0.2, 0.25) is 0 Å². The van der Waals surface area contributed by atoms with Gasteiger partial charge in [-0.25, -0.2) is 4.98 Å². The van der Waals surface area contributed by atoms with Crippen molar-refractivity contribution in [2.75, 3.05) is 5.32 Å². The van der Waals surface area contributed by atoms with Crippen LogP contribution in [0.25, 0.3) is 0 Å². The number of hydrogen-bond acceptors (Lipinski definition) is 2. The lowest BCUT2D eigenvalue weighted by Gasteiger charge is -2.14. The summed E-state index contributed by atoms with van der Waals surface area (Å²) < 4.78 is 2.10. The monoisotopic (exact) mass is 317 g/mol. The average Bonchev–Trinajstić information content (AvgIpc) is 2.80. The molecule has 0 bridgehead atoms. The van der Waals surface area contributed by atoms with Crippen LogP contribution in [0.3, 0.4) is 0 Å². The summed E-state index contributed by atoms with van der Waals surface area (Å²) in [7, 11) is 0. The second-order valence-electron chi connectivity index (χ2n) is 4.49. The molecular weight excluding hydrogens is 305 g/mol. The second kappa shape index (κ2) is 6.04. The Balaban J connectivity index is 2.15. The van der Waals surface area contributed by atoms with E-state index in [4.69, 9.17) is 34.8 Å². The molecule has 0 aliphatic carbocycles. The van der Waals surface area contributed by atoms with E-state index < -0.39 is 0 Å². The van der Waals surface area contributed by atoms with Crippen LogP contribution in [0.5, 0.6) is 0 Å². The number of anilines is 1. The van der Waals surface area contributed by atoms with Gasteiger partial charge in [-0.2, -0.15) is 0 Å². The Labute approximate surface area is 127 Å². The third kappa shape index (κ3) is 3.35. The summed E-state index contributed by atoms with van der Waals surface area (Å²) in [6.45, 7) is 4.84. The zero-order valence-electron chi connectivity index (χ0n) is 10.6. The van der Waals surface area contributed by atoms with Crippen LogP contribution in [0.2, 0.25) is 15.1 Å². The number of nitrogens with one attached hydrogen (secondary N) is 1. The standard InChI is InChI=1S/C13H14Cl3N3/c1-8(2)19-7-17-5-9(19)6-18-13-4-11(15)10(14)3-12(13)16/h3-5,7-8,18H,6H2,1-2H3. The molecule has 19 heavy (non-hydrogen) atoms. The first kappa shape index (κ1) is 14.5. The van der Waals surface area contributed by atoms with Crippen LogP contribution in [0.4, 0.5) is 5.69 Å². The van der Waals surface area contributed by atoms with Crippen molar-refractivity contribution in [1.82, 2.24) is 9.55 Å². The van der Waals surface area contributed by atoms with Gasteiger partial charge in [-0.3, -0.25) is 0 Å². The topological polar surface area (TPSA) is 29.9 Å². The minimum atomic E-state index is 0.364. The zero-order chi connectivity index (χ0) is 14.0. The molecule has 1 heterocycles. The maximum Gasteiger partial charge on any atom is 0.0951 e. The second-order valence-corrected chi connectivity index (χ2v) is 5.71. The third-order valence-corrected chi connectivity index (χ3v) is 3.81. The normalized spacial score (nSPS) is 11.1. The lowest BCUT2D eigenvalue weighted by Crippen LogP contribution is -2.09. The molecule has 0 fully saturated rings. The van der Waals surface area contributed by atoms with Gasteiger partial charge in [-0.15, -0.1) is 0 Å². The van der Waals surface area contributed by atoms with Crippen molar-refractivity contribution in [1.29, 1.82) is 0 Å². The highest BCUT2D eigenvalue weighted by molar-refractivity contribution is 6.44. The maximum atomic E-state index is 6.12. The molecule has 1 aromatic heterocycles. The van der Waals surface area contributed by atoms with Crippen molar-refractivity contribution in [2.45, 2.75) is 26.4 Å². The molecule has 0 radical (unpaired) electrons. The van der Waals surface area contributed by atoms with E-state index in [0.29, 0.717) is 27.7 Å². The van der Waals surface area contributed by atoms with E-state index in [1.807, 2.05) is 12.5 Å². The van der Waals surface area contributed by atoms with Gasteiger partial charge >= 0.3 is 0 Å². The number of benzene rings is 1. The summed E-state index contributed by atoms with van der Waals surface area (Å²) in [4.78, 5) is 4.15. The molecule has 1 N–H and O–H groups in total. The quantitative estimate of drug-likeness (QED) is 0.801. The van der Waals surface area contributed by atoms with E-state index in [9.17, 15) is 0 Å². The summed E-state index contributed by atoms with van der Waals surface area (Å²) in [6.07, 6.45) is 3.65. The largest absolute Gasteiger partial charge is 0.378 e. The highest BCUT2D eigenvalue weighted by atomic mass is 35.5. The Kier molecular flexibility index (Phi) is 4.61. The van der Waals surface area contributed by atoms with Crippen molar-refractivity contribution in [3.05, 3.63) is 45.4 Å². The third-order valence-electron chi connectivity index (χ3n) is 2.77. The summed E-state index contributed by atoms with van der Waals surface area (Å²) in [6, 6.07) is 3.72. The molecule has 0 spiro atoms. The Hall–Kier alpha value is -0.900. The highest BCUT2D eigenvalue weighted by Gasteiger charge is 2.08. The fourth-order valence-electron chi connectivity index (χ4n) is 1.78. The average molecular weight is 319 g/mol. The predicted octanol–water partition coefficient (Wildman–Crippen LogP) is 5.04. The van der Waals surface area contributed by atoms with E-state index in [1.165, 1.54) is 0 Å². The zero-order valence-corrected chi connectivity index (χ0v) is 12.9. The molecule has 6 heteroatoms. The van der Waals surface area contributed by atoms with Gasteiger partial charge in [0.15, 0.2) is 0 Å². The van der Waals surface area contributed by atoms with Crippen molar-refractivity contribution in [3.8, 4) is 0 Å². The van der Waals surface area contributed by atoms with Crippen LogP contribution >= 0.6 is 34.8 Å². The van der Waals surface area contributed by atoms with Crippen LogP contribution < -0.4 is 5.32 Å². The van der Waals surface area contributed by atoms with Crippen LogP contribution in [0.15, 0.2) is 24.7 Å². The number of hydrogen-bond donors (Lipinski definition) is 1. The Morgan fingerprint density at radius 1 is 1.16 bits per heavy atom.